The Kier molecular flexibility index (Phi) is 7.76. The Morgan fingerprint density at radius 3 is 1.00 bits per heavy atom. The topological polar surface area (TPSA) is 0 Å². The molecular weight excluding hydrogens is 124 g/mol. The van der Waals surface area contributed by atoms with Crippen LogP contribution in [0.25, 0.3) is 0 Å². The Morgan fingerprint density at radius 2 is 1.00 bits per heavy atom. The van der Waals surface area contributed by atoms with Gasteiger partial charge in [0, 0.05) is 17.1 Å². The smallest absolute Gasteiger partial charge is 0.174 e. The second-order valence-corrected chi connectivity index (χ2v) is 0.247. The van der Waals surface area contributed by atoms with E-state index >= 15 is 0 Å². The molecule has 0 aromatic heterocycles. The molecule has 0 atom stereocenters. The van der Waals surface area contributed by atoms with Crippen molar-refractivity contribution in [1.29, 1.82) is 0 Å². The first-order valence-corrected chi connectivity index (χ1v) is 0.655. The zero-order valence-corrected chi connectivity index (χ0v) is 3.27. The van der Waals surface area contributed by atoms with Crippen LogP contribution in [0.2, 0.25) is 0 Å². The van der Waals surface area contributed by atoms with Crippen molar-refractivity contribution < 1.29 is 30.2 Å². The third kappa shape index (κ3) is 240. The number of alkyl halides is 3. The summed E-state index contributed by atoms with van der Waals surface area (Å²) in [7, 11) is 0. The average molecular weight is 125 g/mol. The van der Waals surface area contributed by atoms with Crippen LogP contribution in [0.15, 0.2) is 0 Å². The van der Waals surface area contributed by atoms with Crippen LogP contribution in [0.1, 0.15) is 0 Å². The summed E-state index contributed by atoms with van der Waals surface area (Å²) in [5.74, 6) is 0. The van der Waals surface area contributed by atoms with E-state index in [9.17, 15) is 13.2 Å². The Labute approximate surface area is 37.8 Å². The van der Waals surface area contributed by atoms with E-state index in [1.54, 1.807) is 0 Å². The molecule has 33 valence electrons. The summed E-state index contributed by atoms with van der Waals surface area (Å²) >= 11 is 0. The maximum absolute atomic E-state index is 9.67. The molecule has 0 saturated heterocycles. The average Bonchev–Trinajstić information content (AvgIpc) is 0.811. The van der Waals surface area contributed by atoms with Gasteiger partial charge in [0.25, 0.3) is 0 Å². The summed E-state index contributed by atoms with van der Waals surface area (Å²) in [6, 6.07) is 0. The van der Waals surface area contributed by atoms with Gasteiger partial charge in [0.1, 0.15) is 0 Å². The van der Waals surface area contributed by atoms with Crippen LogP contribution >= 0.6 is 0 Å². The summed E-state index contributed by atoms with van der Waals surface area (Å²) in [4.78, 5) is 0. The molecule has 0 N–H and O–H groups in total. The first-order chi connectivity index (χ1) is 1.73. The molecule has 0 aromatic carbocycles. The normalized spacial score (nSPS) is 7.20. The molecule has 0 bridgehead atoms. The van der Waals surface area contributed by atoms with Crippen molar-refractivity contribution in [3.05, 3.63) is 0 Å². The van der Waals surface area contributed by atoms with Gasteiger partial charge in [0.05, 0.1) is 0 Å². The van der Waals surface area contributed by atoms with Gasteiger partial charge in [-0.25, -0.2) is 0 Å². The van der Waals surface area contributed by atoms with Gasteiger partial charge in [0.15, 0.2) is 0 Å². The van der Waals surface area contributed by atoms with Crippen LogP contribution in [0.4, 0.5) is 13.2 Å². The van der Waals surface area contributed by atoms with Crippen LogP contribution in [-0.4, -0.2) is 6.68 Å². The summed E-state index contributed by atoms with van der Waals surface area (Å²) in [5.41, 5.74) is 0. The summed E-state index contributed by atoms with van der Waals surface area (Å²) < 4.78 is 29.0. The molecule has 0 spiro atoms. The summed E-state index contributed by atoms with van der Waals surface area (Å²) in [5, 5.41) is 0. The summed E-state index contributed by atoms with van der Waals surface area (Å²) in [6.45, 7) is -3.67. The Morgan fingerprint density at radius 1 is 1.00 bits per heavy atom. The van der Waals surface area contributed by atoms with Gasteiger partial charge in [-0.3, -0.25) is 0 Å². The van der Waals surface area contributed by atoms with Gasteiger partial charge in [-0.2, -0.15) is 13.2 Å². The second kappa shape index (κ2) is 4.31. The van der Waals surface area contributed by atoms with Crippen LogP contribution in [0, 0.1) is 0 Å². The molecule has 0 unspecified atom stereocenters. The molecule has 4 heteroatoms. The van der Waals surface area contributed by atoms with Crippen molar-refractivity contribution in [2.75, 3.05) is 0 Å². The molecule has 0 nitrogen and oxygen atoms in total. The number of halogens is 3. The third-order valence-corrected chi connectivity index (χ3v) is 0. The van der Waals surface area contributed by atoms with Crippen molar-refractivity contribution >= 4 is 0 Å². The van der Waals surface area contributed by atoms with Crippen molar-refractivity contribution in [2.24, 2.45) is 0 Å². The van der Waals surface area contributed by atoms with Gasteiger partial charge in [-0.05, 0) is 0 Å². The van der Waals surface area contributed by atoms with Crippen LogP contribution in [-0.2, 0) is 17.1 Å². The molecule has 0 amide bonds. The first kappa shape index (κ1) is 9.00. The van der Waals surface area contributed by atoms with Gasteiger partial charge in [-0.1, -0.05) is 0 Å². The second-order valence-electron chi connectivity index (χ2n) is 0.247. The number of hydrogen-bond donors (Lipinski definition) is 0. The Balaban J connectivity index is 0. The molecule has 0 aliphatic carbocycles. The molecular formula is CHF3Mn. The fourth-order valence-corrected chi connectivity index (χ4v) is 0. The van der Waals surface area contributed by atoms with Gasteiger partial charge in [0.2, 0.25) is 0 Å². The maximum Gasteiger partial charge on any atom is 0.379 e. The van der Waals surface area contributed by atoms with E-state index in [1.165, 1.54) is 0 Å². The van der Waals surface area contributed by atoms with Crippen molar-refractivity contribution in [3.8, 4) is 0 Å². The molecule has 0 aliphatic heterocycles. The van der Waals surface area contributed by atoms with Crippen molar-refractivity contribution in [2.45, 2.75) is 6.68 Å². The molecule has 0 aliphatic rings. The standard InChI is InChI=1S/CHF3.Mn/c2-1(3)4;/h1H;. The van der Waals surface area contributed by atoms with E-state index in [1.807, 2.05) is 0 Å². The van der Waals surface area contributed by atoms with Gasteiger partial charge in [-0.15, -0.1) is 0 Å². The van der Waals surface area contributed by atoms with Crippen LogP contribution in [0.5, 0.6) is 0 Å². The SMILES string of the molecule is FC(F)F.[Mn]. The van der Waals surface area contributed by atoms with Gasteiger partial charge < -0.3 is 0 Å². The largest absolute Gasteiger partial charge is 0.379 e. The van der Waals surface area contributed by atoms with E-state index in [0.717, 1.165) is 0 Å². The zero-order chi connectivity index (χ0) is 3.58. The molecule has 0 fully saturated rings. The Hall–Kier alpha value is 0.309. The molecule has 0 rings (SSSR count). The minimum atomic E-state index is -3.67. The van der Waals surface area contributed by atoms with E-state index < -0.39 is 6.68 Å². The molecule has 0 heterocycles. The quantitative estimate of drug-likeness (QED) is 0.426. The predicted molar refractivity (Wildman–Crippen MR) is 7.11 cm³/mol. The fourth-order valence-electron chi connectivity index (χ4n) is 0. The molecule has 1 radical (unpaired) electrons. The minimum absolute atomic E-state index is 0. The van der Waals surface area contributed by atoms with Crippen molar-refractivity contribution in [3.63, 3.8) is 0 Å². The van der Waals surface area contributed by atoms with E-state index in [0.29, 0.717) is 0 Å². The molecule has 0 aromatic rings. The molecule has 5 heavy (non-hydrogen) atoms. The monoisotopic (exact) mass is 125 g/mol. The van der Waals surface area contributed by atoms with E-state index in [-0.39, 0.29) is 17.1 Å². The Bertz CT molecular complexity index is 11.6. The molecule has 0 saturated carbocycles. The first-order valence-electron chi connectivity index (χ1n) is 0.655. The van der Waals surface area contributed by atoms with Crippen LogP contribution < -0.4 is 0 Å². The number of rotatable bonds is 0. The van der Waals surface area contributed by atoms with Gasteiger partial charge >= 0.3 is 6.68 Å². The zero-order valence-electron chi connectivity index (χ0n) is 2.09. The minimum Gasteiger partial charge on any atom is -0.174 e. The summed E-state index contributed by atoms with van der Waals surface area (Å²) in [6.07, 6.45) is 0. The maximum atomic E-state index is 9.67. The van der Waals surface area contributed by atoms with Crippen LogP contribution in [0.3, 0.4) is 0 Å². The van der Waals surface area contributed by atoms with E-state index in [2.05, 4.69) is 0 Å². The van der Waals surface area contributed by atoms with E-state index in [4.69, 9.17) is 0 Å². The third-order valence-electron chi connectivity index (χ3n) is 0. The predicted octanol–water partition coefficient (Wildman–Crippen LogP) is 1.18. The fraction of sp³-hybridized carbons (Fsp3) is 1.00. The number of hydrogen-bond acceptors (Lipinski definition) is 0. The van der Waals surface area contributed by atoms with Crippen molar-refractivity contribution in [1.82, 2.24) is 0 Å².